The number of esters is 1. The molecule has 2 nitrogen and oxygen atoms in total. The molecule has 0 aliphatic heterocycles. The highest BCUT2D eigenvalue weighted by atomic mass is 16.5. The normalized spacial score (nSPS) is 12.7. The van der Waals surface area contributed by atoms with Crippen molar-refractivity contribution in [1.82, 2.24) is 0 Å². The highest BCUT2D eigenvalue weighted by Crippen LogP contribution is 2.29. The Morgan fingerprint density at radius 1 is 1.35 bits per heavy atom. The van der Waals surface area contributed by atoms with E-state index in [1.54, 1.807) is 6.08 Å². The smallest absolute Gasteiger partial charge is 0.316 e. The number of carbonyl (C=O) groups is 1. The van der Waals surface area contributed by atoms with Gasteiger partial charge in [-0.15, -0.1) is 6.58 Å². The van der Waals surface area contributed by atoms with Gasteiger partial charge in [-0.2, -0.15) is 0 Å². The molecule has 1 unspecified atom stereocenters. The van der Waals surface area contributed by atoms with E-state index in [-0.39, 0.29) is 5.97 Å². The van der Waals surface area contributed by atoms with Gasteiger partial charge in [0.25, 0.3) is 0 Å². The first-order valence-corrected chi connectivity index (χ1v) is 5.90. The summed E-state index contributed by atoms with van der Waals surface area (Å²) in [4.78, 5) is 11.8. The fourth-order valence-corrected chi connectivity index (χ4v) is 1.64. The third-order valence-electron chi connectivity index (χ3n) is 2.60. The lowest BCUT2D eigenvalue weighted by Crippen LogP contribution is -2.33. The molecule has 0 bridgehead atoms. The van der Waals surface area contributed by atoms with Gasteiger partial charge in [-0.25, -0.2) is 0 Å². The van der Waals surface area contributed by atoms with Gasteiger partial charge in [0.15, 0.2) is 0 Å². The van der Waals surface area contributed by atoms with Crippen LogP contribution in [0.25, 0.3) is 0 Å². The highest BCUT2D eigenvalue weighted by Gasteiger charge is 2.34. The second kappa shape index (κ2) is 7.66. The summed E-state index contributed by atoms with van der Waals surface area (Å²) >= 11 is 0. The van der Waals surface area contributed by atoms with Crippen molar-refractivity contribution in [2.24, 2.45) is 0 Å². The van der Waals surface area contributed by atoms with Crippen LogP contribution in [0.2, 0.25) is 0 Å². The monoisotopic (exact) mass is 234 g/mol. The molecule has 0 saturated carbocycles. The zero-order valence-corrected chi connectivity index (χ0v) is 11.2. The molecule has 1 rings (SSSR count). The summed E-state index contributed by atoms with van der Waals surface area (Å²) < 4.78 is 4.84. The molecule has 0 amide bonds. The quantitative estimate of drug-likeness (QED) is 0.586. The number of carbonyl (C=O) groups excluding carboxylic acids is 1. The van der Waals surface area contributed by atoms with Crippen molar-refractivity contribution in [3.63, 3.8) is 0 Å². The molecule has 94 valence electrons. The Bertz CT molecular complexity index is 343. The number of hydrogen-bond donors (Lipinski definition) is 0. The second-order valence-corrected chi connectivity index (χ2v) is 3.68. The number of ether oxygens (including phenoxy) is 1. The van der Waals surface area contributed by atoms with Gasteiger partial charge in [0.05, 0.1) is 12.5 Å². The van der Waals surface area contributed by atoms with E-state index < -0.39 is 5.41 Å². The molecule has 0 fully saturated rings. The van der Waals surface area contributed by atoms with Gasteiger partial charge in [0.1, 0.15) is 0 Å². The van der Waals surface area contributed by atoms with Crippen LogP contribution in [0, 0.1) is 0 Å². The van der Waals surface area contributed by atoms with Gasteiger partial charge < -0.3 is 4.74 Å². The van der Waals surface area contributed by atoms with Crippen molar-refractivity contribution < 1.29 is 9.53 Å². The van der Waals surface area contributed by atoms with Gasteiger partial charge in [-0.3, -0.25) is 4.79 Å². The average Bonchev–Trinajstić information content (AvgIpc) is 2.41. The molecular formula is C15H22O2. The number of hydrogen-bond acceptors (Lipinski definition) is 2. The fourth-order valence-electron chi connectivity index (χ4n) is 1.64. The summed E-state index contributed by atoms with van der Waals surface area (Å²) in [6, 6.07) is 9.62. The third kappa shape index (κ3) is 3.74. The fraction of sp³-hybridized carbons (Fsp3) is 0.400. The Hall–Kier alpha value is -1.57. The van der Waals surface area contributed by atoms with Crippen molar-refractivity contribution in [3.05, 3.63) is 48.6 Å². The van der Waals surface area contributed by atoms with E-state index in [0.717, 1.165) is 5.56 Å². The predicted octanol–water partition coefficient (Wildman–Crippen LogP) is 3.72. The van der Waals surface area contributed by atoms with Crippen LogP contribution in [0.1, 0.15) is 32.8 Å². The molecule has 0 saturated heterocycles. The number of benzene rings is 1. The average molecular weight is 234 g/mol. The molecule has 17 heavy (non-hydrogen) atoms. The van der Waals surface area contributed by atoms with E-state index in [0.29, 0.717) is 6.42 Å². The van der Waals surface area contributed by atoms with E-state index in [2.05, 4.69) is 6.58 Å². The molecule has 0 N–H and O–H groups in total. The summed E-state index contributed by atoms with van der Waals surface area (Å²) in [7, 11) is 1.41. The van der Waals surface area contributed by atoms with E-state index >= 15 is 0 Å². The minimum Gasteiger partial charge on any atom is -0.468 e. The van der Waals surface area contributed by atoms with Gasteiger partial charge in [0, 0.05) is 0 Å². The highest BCUT2D eigenvalue weighted by molar-refractivity contribution is 5.82. The Morgan fingerprint density at radius 2 is 1.88 bits per heavy atom. The Balaban J connectivity index is 0.00000121. The second-order valence-electron chi connectivity index (χ2n) is 3.68. The summed E-state index contributed by atoms with van der Waals surface area (Å²) in [5.74, 6) is -0.228. The lowest BCUT2D eigenvalue weighted by Gasteiger charge is -2.25. The lowest BCUT2D eigenvalue weighted by molar-refractivity contribution is -0.146. The van der Waals surface area contributed by atoms with Crippen LogP contribution >= 0.6 is 0 Å². The molecule has 0 spiro atoms. The summed E-state index contributed by atoms with van der Waals surface area (Å²) in [6.45, 7) is 9.55. The topological polar surface area (TPSA) is 26.3 Å². The van der Waals surface area contributed by atoms with Gasteiger partial charge in [-0.05, 0) is 18.9 Å². The summed E-state index contributed by atoms with van der Waals surface area (Å²) in [6.07, 6.45) is 2.31. The predicted molar refractivity (Wildman–Crippen MR) is 72.0 cm³/mol. The Morgan fingerprint density at radius 3 is 2.29 bits per heavy atom. The van der Waals surface area contributed by atoms with E-state index in [1.165, 1.54) is 7.11 Å². The Labute approximate surface area is 104 Å². The molecular weight excluding hydrogens is 212 g/mol. The first kappa shape index (κ1) is 15.4. The largest absolute Gasteiger partial charge is 0.468 e. The number of rotatable bonds is 4. The van der Waals surface area contributed by atoms with Gasteiger partial charge >= 0.3 is 5.97 Å². The molecule has 0 aromatic heterocycles. The van der Waals surface area contributed by atoms with Crippen molar-refractivity contribution in [2.75, 3.05) is 7.11 Å². The third-order valence-corrected chi connectivity index (χ3v) is 2.60. The Kier molecular flexibility index (Phi) is 6.95. The molecule has 0 heterocycles. The zero-order valence-electron chi connectivity index (χ0n) is 11.2. The standard InChI is InChI=1S/C13H16O2.C2H6/c1-4-10-13(2,12(14)15-3)11-8-6-5-7-9-11;1-2/h4-9H,1,10H2,2-3H3;1-2H3. The molecule has 1 aromatic carbocycles. The zero-order chi connectivity index (χ0) is 13.3. The van der Waals surface area contributed by atoms with Crippen molar-refractivity contribution in [2.45, 2.75) is 32.6 Å². The van der Waals surface area contributed by atoms with Crippen LogP contribution in [0.3, 0.4) is 0 Å². The molecule has 1 atom stereocenters. The molecule has 0 aliphatic carbocycles. The first-order valence-electron chi connectivity index (χ1n) is 5.90. The first-order chi connectivity index (χ1) is 8.15. The minimum atomic E-state index is -0.627. The molecule has 0 aliphatic rings. The van der Waals surface area contributed by atoms with Crippen molar-refractivity contribution in [1.29, 1.82) is 0 Å². The van der Waals surface area contributed by atoms with Gasteiger partial charge in [-0.1, -0.05) is 50.3 Å². The van der Waals surface area contributed by atoms with E-state index in [4.69, 9.17) is 4.74 Å². The maximum Gasteiger partial charge on any atom is 0.316 e. The minimum absolute atomic E-state index is 0.228. The van der Waals surface area contributed by atoms with Crippen molar-refractivity contribution in [3.8, 4) is 0 Å². The van der Waals surface area contributed by atoms with Crippen LogP contribution < -0.4 is 0 Å². The molecule has 2 heteroatoms. The number of allylic oxidation sites excluding steroid dienone is 1. The van der Waals surface area contributed by atoms with E-state index in [9.17, 15) is 4.79 Å². The molecule has 1 aromatic rings. The summed E-state index contributed by atoms with van der Waals surface area (Å²) in [5.41, 5.74) is 0.328. The van der Waals surface area contributed by atoms with Crippen LogP contribution in [0.15, 0.2) is 43.0 Å². The maximum atomic E-state index is 11.8. The maximum absolute atomic E-state index is 11.8. The summed E-state index contributed by atoms with van der Waals surface area (Å²) in [5, 5.41) is 0. The van der Waals surface area contributed by atoms with Gasteiger partial charge in [0.2, 0.25) is 0 Å². The van der Waals surface area contributed by atoms with Crippen LogP contribution in [-0.4, -0.2) is 13.1 Å². The van der Waals surface area contributed by atoms with Crippen LogP contribution in [-0.2, 0) is 14.9 Å². The van der Waals surface area contributed by atoms with Crippen molar-refractivity contribution >= 4 is 5.97 Å². The lowest BCUT2D eigenvalue weighted by atomic mass is 9.79. The SMILES string of the molecule is C=CCC(C)(C(=O)OC)c1ccccc1.CC. The van der Waals surface area contributed by atoms with E-state index in [1.807, 2.05) is 51.1 Å². The van der Waals surface area contributed by atoms with Crippen LogP contribution in [0.5, 0.6) is 0 Å². The van der Waals surface area contributed by atoms with Crippen LogP contribution in [0.4, 0.5) is 0 Å². The number of methoxy groups -OCH3 is 1. The molecule has 0 radical (unpaired) electrons.